The van der Waals surface area contributed by atoms with Crippen molar-refractivity contribution in [3.63, 3.8) is 0 Å². The standard InChI is InChI=1S/C37H57F3N8O.C2H6/c1-5-9-29(10-6-2)48(34(49)7-3)18-8-17-41-35-32(37(38,39)40)26-42-36(44-35)43-33-14-13-30(25-31(33)27-11-12-27)46-19-15-28(16-20-46)47-23-21-45(4)22-24-47;1-2/h13-14,25-29H,5-12,15-24H2,1-4H3,(H2,41,42,43,44);1-2H3. The van der Waals surface area contributed by atoms with E-state index in [-0.39, 0.29) is 30.3 Å². The van der Waals surface area contributed by atoms with Gasteiger partial charge in [0.05, 0.1) is 0 Å². The van der Waals surface area contributed by atoms with Crippen LogP contribution in [0.5, 0.6) is 0 Å². The SMILES string of the molecule is CC.CCCC(CCC)N(CCCNc1nc(Nc2ccc(N3CCC(N4CCN(C)CC4)CC3)cc2C2CC2)ncc1C(F)(F)F)C(=O)CC. The smallest absolute Gasteiger partial charge is 0.371 e. The van der Waals surface area contributed by atoms with Gasteiger partial charge in [0.1, 0.15) is 11.4 Å². The Hall–Kier alpha value is -3.12. The average Bonchev–Trinajstić information content (AvgIpc) is 3.98. The normalized spacial score (nSPS) is 17.6. The summed E-state index contributed by atoms with van der Waals surface area (Å²) < 4.78 is 42.0. The van der Waals surface area contributed by atoms with E-state index >= 15 is 0 Å². The summed E-state index contributed by atoms with van der Waals surface area (Å²) in [5.74, 6) is 0.399. The number of likely N-dealkylation sites (N-methyl/N-ethyl adjacent to an activating group) is 1. The average molecular weight is 717 g/mol. The fourth-order valence-corrected chi connectivity index (χ4v) is 7.47. The Balaban J connectivity index is 0.00000286. The van der Waals surface area contributed by atoms with Crippen LogP contribution < -0.4 is 15.5 Å². The number of rotatable bonds is 16. The predicted molar refractivity (Wildman–Crippen MR) is 203 cm³/mol. The number of amides is 1. The highest BCUT2D eigenvalue weighted by Gasteiger charge is 2.36. The van der Waals surface area contributed by atoms with Gasteiger partial charge in [-0.05, 0) is 81.7 Å². The molecule has 2 saturated heterocycles. The highest BCUT2D eigenvalue weighted by molar-refractivity contribution is 5.76. The maximum absolute atomic E-state index is 14.0. The summed E-state index contributed by atoms with van der Waals surface area (Å²) in [7, 11) is 2.19. The van der Waals surface area contributed by atoms with E-state index in [9.17, 15) is 18.0 Å². The third-order valence-corrected chi connectivity index (χ3v) is 10.5. The Labute approximate surface area is 304 Å². The Morgan fingerprint density at radius 2 is 1.65 bits per heavy atom. The quantitative estimate of drug-likeness (QED) is 0.168. The van der Waals surface area contributed by atoms with Crippen LogP contribution in [0.15, 0.2) is 24.4 Å². The minimum absolute atomic E-state index is 0.0871. The first-order valence-electron chi connectivity index (χ1n) is 19.7. The molecule has 1 aromatic carbocycles. The van der Waals surface area contributed by atoms with E-state index in [4.69, 9.17) is 0 Å². The van der Waals surface area contributed by atoms with Crippen molar-refractivity contribution in [2.24, 2.45) is 0 Å². The second-order valence-electron chi connectivity index (χ2n) is 14.1. The van der Waals surface area contributed by atoms with Crippen LogP contribution in [0.4, 0.5) is 36.3 Å². The maximum atomic E-state index is 14.0. The summed E-state index contributed by atoms with van der Waals surface area (Å²) in [6, 6.07) is 7.20. The molecule has 0 spiro atoms. The van der Waals surface area contributed by atoms with Crippen LogP contribution in [0, 0.1) is 0 Å². The second-order valence-corrected chi connectivity index (χ2v) is 14.1. The number of carbonyl (C=O) groups excluding carboxylic acids is 1. The van der Waals surface area contributed by atoms with Crippen LogP contribution >= 0.6 is 0 Å². The molecule has 0 atom stereocenters. The number of nitrogens with zero attached hydrogens (tertiary/aromatic N) is 6. The number of carbonyl (C=O) groups is 1. The predicted octanol–water partition coefficient (Wildman–Crippen LogP) is 8.37. The number of hydrogen-bond donors (Lipinski definition) is 2. The summed E-state index contributed by atoms with van der Waals surface area (Å²) in [6.07, 6.45) is 5.48. The second kappa shape index (κ2) is 19.6. The summed E-state index contributed by atoms with van der Waals surface area (Å²) in [6.45, 7) is 17.4. The summed E-state index contributed by atoms with van der Waals surface area (Å²) >= 11 is 0. The number of piperidine rings is 1. The topological polar surface area (TPSA) is 79.9 Å². The molecule has 1 saturated carbocycles. The highest BCUT2D eigenvalue weighted by atomic mass is 19.4. The van der Waals surface area contributed by atoms with Crippen LogP contribution in [0.1, 0.15) is 116 Å². The molecule has 2 aromatic rings. The van der Waals surface area contributed by atoms with Gasteiger partial charge in [-0.3, -0.25) is 9.69 Å². The lowest BCUT2D eigenvalue weighted by Gasteiger charge is -2.42. The van der Waals surface area contributed by atoms with Crippen molar-refractivity contribution in [2.45, 2.75) is 123 Å². The number of anilines is 4. The van der Waals surface area contributed by atoms with Crippen molar-refractivity contribution in [3.8, 4) is 0 Å². The van der Waals surface area contributed by atoms with Gasteiger partial charge >= 0.3 is 6.18 Å². The van der Waals surface area contributed by atoms with Gasteiger partial charge in [-0.25, -0.2) is 4.98 Å². The van der Waals surface area contributed by atoms with Crippen molar-refractivity contribution >= 4 is 29.0 Å². The highest BCUT2D eigenvalue weighted by Crippen LogP contribution is 2.45. The zero-order valence-electron chi connectivity index (χ0n) is 32.0. The third-order valence-electron chi connectivity index (χ3n) is 10.5. The first-order valence-corrected chi connectivity index (χ1v) is 19.7. The Morgan fingerprint density at radius 1 is 0.980 bits per heavy atom. The molecule has 9 nitrogen and oxygen atoms in total. The molecule has 2 N–H and O–H groups in total. The van der Waals surface area contributed by atoms with E-state index in [0.717, 1.165) is 103 Å². The summed E-state index contributed by atoms with van der Waals surface area (Å²) in [5, 5.41) is 6.19. The minimum atomic E-state index is -4.60. The van der Waals surface area contributed by atoms with E-state index in [1.165, 1.54) is 11.3 Å². The molecule has 3 fully saturated rings. The number of nitrogens with one attached hydrogen (secondary N) is 2. The molecule has 3 heterocycles. The van der Waals surface area contributed by atoms with Gasteiger partial charge in [0.15, 0.2) is 0 Å². The lowest BCUT2D eigenvalue weighted by Crippen LogP contribution is -2.52. The van der Waals surface area contributed by atoms with Crippen LogP contribution in [0.2, 0.25) is 0 Å². The molecular weight excluding hydrogens is 653 g/mol. The maximum Gasteiger partial charge on any atom is 0.421 e. The molecule has 0 radical (unpaired) electrons. The van der Waals surface area contributed by atoms with Gasteiger partial charge in [0.25, 0.3) is 0 Å². The molecule has 3 aliphatic rings. The zero-order valence-corrected chi connectivity index (χ0v) is 32.0. The van der Waals surface area contributed by atoms with E-state index in [2.05, 4.69) is 68.3 Å². The van der Waals surface area contributed by atoms with Gasteiger partial charge in [0.2, 0.25) is 11.9 Å². The molecule has 286 valence electrons. The molecular formula is C39H63F3N8O. The summed E-state index contributed by atoms with van der Waals surface area (Å²) in [4.78, 5) is 30.6. The lowest BCUT2D eigenvalue weighted by atomic mass is 10.0. The zero-order chi connectivity index (χ0) is 37.0. The molecule has 0 bridgehead atoms. The molecule has 12 heteroatoms. The minimum Gasteiger partial charge on any atom is -0.371 e. The van der Waals surface area contributed by atoms with E-state index in [1.807, 2.05) is 31.7 Å². The number of alkyl halides is 3. The Bertz CT molecular complexity index is 1350. The number of benzene rings is 1. The molecule has 0 unspecified atom stereocenters. The van der Waals surface area contributed by atoms with Crippen LogP contribution in [0.3, 0.4) is 0 Å². The van der Waals surface area contributed by atoms with Gasteiger partial charge in [-0.1, -0.05) is 47.5 Å². The van der Waals surface area contributed by atoms with Gasteiger partial charge in [-0.2, -0.15) is 18.2 Å². The van der Waals surface area contributed by atoms with Crippen molar-refractivity contribution in [1.82, 2.24) is 24.7 Å². The molecule has 51 heavy (non-hydrogen) atoms. The van der Waals surface area contributed by atoms with Crippen molar-refractivity contribution in [1.29, 1.82) is 0 Å². The molecule has 1 aliphatic carbocycles. The van der Waals surface area contributed by atoms with Crippen LogP contribution in [-0.4, -0.2) is 102 Å². The van der Waals surface area contributed by atoms with Crippen molar-refractivity contribution in [3.05, 3.63) is 35.5 Å². The van der Waals surface area contributed by atoms with E-state index in [0.29, 0.717) is 31.3 Å². The third kappa shape index (κ3) is 11.4. The van der Waals surface area contributed by atoms with Crippen molar-refractivity contribution in [2.75, 3.05) is 74.9 Å². The molecule has 1 aromatic heterocycles. The van der Waals surface area contributed by atoms with Crippen molar-refractivity contribution < 1.29 is 18.0 Å². The monoisotopic (exact) mass is 717 g/mol. The first-order chi connectivity index (χ1) is 24.6. The number of hydrogen-bond acceptors (Lipinski definition) is 8. The lowest BCUT2D eigenvalue weighted by molar-refractivity contribution is -0.137. The van der Waals surface area contributed by atoms with Gasteiger partial charge in [-0.15, -0.1) is 0 Å². The van der Waals surface area contributed by atoms with E-state index < -0.39 is 11.7 Å². The number of piperazine rings is 1. The number of aromatic nitrogens is 2. The molecule has 5 rings (SSSR count). The Kier molecular flexibility index (Phi) is 15.7. The van der Waals surface area contributed by atoms with Gasteiger partial charge in [0, 0.05) is 88.4 Å². The van der Waals surface area contributed by atoms with Crippen LogP contribution in [-0.2, 0) is 11.0 Å². The summed E-state index contributed by atoms with van der Waals surface area (Å²) in [5.41, 5.74) is 2.32. The van der Waals surface area contributed by atoms with Gasteiger partial charge < -0.3 is 25.3 Å². The largest absolute Gasteiger partial charge is 0.421 e. The Morgan fingerprint density at radius 3 is 2.24 bits per heavy atom. The molecule has 1 amide bonds. The first kappa shape index (κ1) is 40.6. The van der Waals surface area contributed by atoms with Crippen LogP contribution in [0.25, 0.3) is 0 Å². The fraction of sp³-hybridized carbons (Fsp3) is 0.718. The number of halogens is 3. The molecule has 2 aliphatic heterocycles. The fourth-order valence-electron chi connectivity index (χ4n) is 7.47. The van der Waals surface area contributed by atoms with E-state index in [1.54, 1.807) is 0 Å².